The van der Waals surface area contributed by atoms with E-state index in [1.165, 1.54) is 12.1 Å². The van der Waals surface area contributed by atoms with Crippen LogP contribution in [-0.4, -0.2) is 16.0 Å². The highest BCUT2D eigenvalue weighted by Crippen LogP contribution is 2.21. The highest BCUT2D eigenvalue weighted by Gasteiger charge is 2.11. The maximum Gasteiger partial charge on any atom is 0.266 e. The molecule has 0 unspecified atom stereocenters. The minimum atomic E-state index is -0.523. The molecular formula is C18H13N3O2. The van der Waals surface area contributed by atoms with E-state index in [9.17, 15) is 15.2 Å². The average Bonchev–Trinajstić information content (AvgIpc) is 3.01. The van der Waals surface area contributed by atoms with Crippen molar-refractivity contribution in [3.8, 4) is 11.8 Å². The summed E-state index contributed by atoms with van der Waals surface area (Å²) in [6.45, 7) is 0. The van der Waals surface area contributed by atoms with Crippen molar-refractivity contribution in [1.29, 1.82) is 5.26 Å². The molecule has 0 spiro atoms. The summed E-state index contributed by atoms with van der Waals surface area (Å²) in [5.74, 6) is -0.479. The van der Waals surface area contributed by atoms with Crippen molar-refractivity contribution < 1.29 is 9.90 Å². The van der Waals surface area contributed by atoms with E-state index in [1.54, 1.807) is 24.4 Å². The number of fused-ring (bicyclic) bond motifs is 1. The lowest BCUT2D eigenvalue weighted by molar-refractivity contribution is -0.112. The van der Waals surface area contributed by atoms with Gasteiger partial charge in [0.05, 0.1) is 0 Å². The van der Waals surface area contributed by atoms with Crippen LogP contribution in [0.4, 0.5) is 5.69 Å². The van der Waals surface area contributed by atoms with Crippen LogP contribution in [0.3, 0.4) is 0 Å². The third-order valence-electron chi connectivity index (χ3n) is 3.40. The first-order valence-corrected chi connectivity index (χ1v) is 6.95. The number of rotatable bonds is 3. The molecule has 2 aromatic carbocycles. The number of benzene rings is 2. The van der Waals surface area contributed by atoms with Crippen molar-refractivity contribution in [2.24, 2.45) is 0 Å². The Morgan fingerprint density at radius 1 is 1.22 bits per heavy atom. The number of carbonyl (C=O) groups excluding carboxylic acids is 1. The summed E-state index contributed by atoms with van der Waals surface area (Å²) in [7, 11) is 0. The lowest BCUT2D eigenvalue weighted by Crippen LogP contribution is -2.13. The summed E-state index contributed by atoms with van der Waals surface area (Å²) in [4.78, 5) is 15.3. The van der Waals surface area contributed by atoms with Crippen LogP contribution in [-0.2, 0) is 4.79 Å². The molecule has 0 aliphatic carbocycles. The second-order valence-corrected chi connectivity index (χ2v) is 4.96. The fourth-order valence-electron chi connectivity index (χ4n) is 2.32. The normalized spacial score (nSPS) is 11.2. The second kappa shape index (κ2) is 6.08. The van der Waals surface area contributed by atoms with Crippen LogP contribution in [0, 0.1) is 11.3 Å². The summed E-state index contributed by atoms with van der Waals surface area (Å²) in [6.07, 6.45) is 3.36. The predicted molar refractivity (Wildman–Crippen MR) is 88.6 cm³/mol. The highest BCUT2D eigenvalue weighted by atomic mass is 16.3. The van der Waals surface area contributed by atoms with Crippen LogP contribution in [0.5, 0.6) is 5.75 Å². The predicted octanol–water partition coefficient (Wildman–Crippen LogP) is 3.42. The Morgan fingerprint density at radius 3 is 2.83 bits per heavy atom. The molecule has 0 saturated carbocycles. The number of amides is 1. The van der Waals surface area contributed by atoms with E-state index in [0.29, 0.717) is 5.69 Å². The number of aromatic hydroxyl groups is 1. The second-order valence-electron chi connectivity index (χ2n) is 4.96. The van der Waals surface area contributed by atoms with Crippen molar-refractivity contribution in [3.63, 3.8) is 0 Å². The Bertz CT molecular complexity index is 948. The van der Waals surface area contributed by atoms with Gasteiger partial charge in [-0.15, -0.1) is 0 Å². The van der Waals surface area contributed by atoms with Crippen molar-refractivity contribution in [1.82, 2.24) is 4.98 Å². The molecule has 1 amide bonds. The minimum absolute atomic E-state index is 0.0120. The number of H-pyrrole nitrogens is 1. The number of phenolic OH excluding ortho intramolecular Hbond substituents is 1. The zero-order chi connectivity index (χ0) is 16.2. The number of nitrogens with one attached hydrogen (secondary N) is 2. The Hall–Kier alpha value is -3.52. The standard InChI is InChI=1S/C18H13N3O2/c19-11-13(18(23)21-14-4-2-5-15(22)10-14)9-12-3-1-6-17-16(12)7-8-20-17/h1-10,20,22H,(H,21,23). The van der Waals surface area contributed by atoms with E-state index in [4.69, 9.17) is 0 Å². The van der Waals surface area contributed by atoms with Gasteiger partial charge in [-0.05, 0) is 35.9 Å². The van der Waals surface area contributed by atoms with Gasteiger partial charge in [-0.2, -0.15) is 5.26 Å². The highest BCUT2D eigenvalue weighted by molar-refractivity contribution is 6.10. The fraction of sp³-hybridized carbons (Fsp3) is 0. The molecule has 0 aliphatic heterocycles. The van der Waals surface area contributed by atoms with Gasteiger partial charge in [0.2, 0.25) is 0 Å². The molecule has 3 rings (SSSR count). The molecule has 1 aromatic heterocycles. The summed E-state index contributed by atoms with van der Waals surface area (Å²) < 4.78 is 0. The molecule has 0 atom stereocenters. The van der Waals surface area contributed by atoms with Gasteiger partial charge in [-0.25, -0.2) is 0 Å². The van der Waals surface area contributed by atoms with Crippen molar-refractivity contribution in [2.45, 2.75) is 0 Å². The van der Waals surface area contributed by atoms with Crippen LogP contribution >= 0.6 is 0 Å². The molecule has 5 heteroatoms. The molecule has 0 fully saturated rings. The first-order chi connectivity index (χ1) is 11.2. The van der Waals surface area contributed by atoms with Crippen LogP contribution in [0.2, 0.25) is 0 Å². The van der Waals surface area contributed by atoms with Gasteiger partial charge in [0.15, 0.2) is 0 Å². The molecule has 0 radical (unpaired) electrons. The molecule has 1 heterocycles. The summed E-state index contributed by atoms with van der Waals surface area (Å²) >= 11 is 0. The Balaban J connectivity index is 1.91. The van der Waals surface area contributed by atoms with Crippen LogP contribution < -0.4 is 5.32 Å². The quantitative estimate of drug-likeness (QED) is 0.511. The third kappa shape index (κ3) is 3.06. The van der Waals surface area contributed by atoms with E-state index in [-0.39, 0.29) is 11.3 Å². The van der Waals surface area contributed by atoms with Crippen molar-refractivity contribution in [2.75, 3.05) is 5.32 Å². The first kappa shape index (κ1) is 14.4. The number of anilines is 1. The molecular weight excluding hydrogens is 290 g/mol. The zero-order valence-electron chi connectivity index (χ0n) is 12.1. The Labute approximate surface area is 132 Å². The van der Waals surface area contributed by atoms with E-state index in [1.807, 2.05) is 30.3 Å². The number of aromatic nitrogens is 1. The minimum Gasteiger partial charge on any atom is -0.508 e. The van der Waals surface area contributed by atoms with Crippen LogP contribution in [0.1, 0.15) is 5.56 Å². The topological polar surface area (TPSA) is 88.9 Å². The number of nitrogens with zero attached hydrogens (tertiary/aromatic N) is 1. The molecule has 5 nitrogen and oxygen atoms in total. The van der Waals surface area contributed by atoms with Crippen molar-refractivity contribution in [3.05, 3.63) is 65.9 Å². The largest absolute Gasteiger partial charge is 0.508 e. The van der Waals surface area contributed by atoms with Crippen LogP contribution in [0.15, 0.2) is 60.3 Å². The number of aromatic amines is 1. The monoisotopic (exact) mass is 303 g/mol. The van der Waals surface area contributed by atoms with Crippen LogP contribution in [0.25, 0.3) is 17.0 Å². The van der Waals surface area contributed by atoms with Gasteiger partial charge in [0.1, 0.15) is 17.4 Å². The first-order valence-electron chi connectivity index (χ1n) is 6.95. The zero-order valence-corrected chi connectivity index (χ0v) is 12.1. The van der Waals surface area contributed by atoms with E-state index < -0.39 is 5.91 Å². The summed E-state index contributed by atoms with van der Waals surface area (Å²) in [6, 6.07) is 15.6. The number of carbonyl (C=O) groups is 1. The van der Waals surface area contributed by atoms with Gasteiger partial charge in [0, 0.05) is 28.9 Å². The molecule has 3 aromatic rings. The molecule has 23 heavy (non-hydrogen) atoms. The smallest absolute Gasteiger partial charge is 0.266 e. The fourth-order valence-corrected chi connectivity index (χ4v) is 2.32. The lowest BCUT2D eigenvalue weighted by atomic mass is 10.1. The van der Waals surface area contributed by atoms with Gasteiger partial charge in [-0.3, -0.25) is 4.79 Å². The maximum atomic E-state index is 12.2. The van der Waals surface area contributed by atoms with Crippen molar-refractivity contribution >= 4 is 28.6 Å². The summed E-state index contributed by atoms with van der Waals surface area (Å²) in [5, 5.41) is 22.2. The van der Waals surface area contributed by atoms with Gasteiger partial charge in [0.25, 0.3) is 5.91 Å². The third-order valence-corrected chi connectivity index (χ3v) is 3.40. The Kier molecular flexibility index (Phi) is 3.81. The van der Waals surface area contributed by atoms with E-state index in [2.05, 4.69) is 10.3 Å². The summed E-state index contributed by atoms with van der Waals surface area (Å²) in [5.41, 5.74) is 2.13. The number of hydrogen-bond donors (Lipinski definition) is 3. The molecule has 3 N–H and O–H groups in total. The molecule has 0 bridgehead atoms. The van der Waals surface area contributed by atoms with Gasteiger partial charge in [-0.1, -0.05) is 18.2 Å². The molecule has 0 aliphatic rings. The lowest BCUT2D eigenvalue weighted by Gasteiger charge is -2.05. The van der Waals surface area contributed by atoms with E-state index in [0.717, 1.165) is 16.5 Å². The number of hydrogen-bond acceptors (Lipinski definition) is 3. The maximum absolute atomic E-state index is 12.2. The van der Waals surface area contributed by atoms with E-state index >= 15 is 0 Å². The molecule has 0 saturated heterocycles. The number of nitriles is 1. The SMILES string of the molecule is N#CC(=Cc1cccc2[nH]ccc12)C(=O)Nc1cccc(O)c1. The molecule has 112 valence electrons. The van der Waals surface area contributed by atoms with Gasteiger partial charge < -0.3 is 15.4 Å². The Morgan fingerprint density at radius 2 is 2.04 bits per heavy atom. The number of phenols is 1. The van der Waals surface area contributed by atoms with Gasteiger partial charge >= 0.3 is 0 Å². The average molecular weight is 303 g/mol.